The summed E-state index contributed by atoms with van der Waals surface area (Å²) in [5, 5.41) is 2.75. The minimum absolute atomic E-state index is 0.0279. The zero-order valence-electron chi connectivity index (χ0n) is 25.1. The summed E-state index contributed by atoms with van der Waals surface area (Å²) in [6.45, 7) is 8.29. The predicted octanol–water partition coefficient (Wildman–Crippen LogP) is 5.87. The fraction of sp³-hybridized carbons (Fsp3) is 0.545. The van der Waals surface area contributed by atoms with Gasteiger partial charge in [-0.3, -0.25) is 9.59 Å². The van der Waals surface area contributed by atoms with E-state index in [2.05, 4.69) is 61.6 Å². The third kappa shape index (κ3) is 8.33. The molecule has 2 atom stereocenters. The van der Waals surface area contributed by atoms with Crippen molar-refractivity contribution < 1.29 is 14.4 Å². The molecule has 1 aliphatic heterocycles. The van der Waals surface area contributed by atoms with Crippen molar-refractivity contribution >= 4 is 17.8 Å². The first-order chi connectivity index (χ1) is 19.3. The van der Waals surface area contributed by atoms with Crippen LogP contribution in [0.3, 0.4) is 0 Å². The van der Waals surface area contributed by atoms with Gasteiger partial charge in [0, 0.05) is 52.6 Å². The smallest absolute Gasteiger partial charge is 0.317 e. The van der Waals surface area contributed by atoms with Crippen LogP contribution < -0.4 is 5.32 Å². The molecule has 0 saturated carbocycles. The van der Waals surface area contributed by atoms with Gasteiger partial charge in [-0.1, -0.05) is 82.0 Å². The van der Waals surface area contributed by atoms with Gasteiger partial charge in [0.2, 0.25) is 11.8 Å². The van der Waals surface area contributed by atoms with E-state index in [1.165, 1.54) is 6.42 Å². The van der Waals surface area contributed by atoms with Gasteiger partial charge in [-0.25, -0.2) is 4.79 Å². The number of likely N-dealkylation sites (N-methyl/N-ethyl adjacent to an activating group) is 1. The Hall–Kier alpha value is -3.35. The van der Waals surface area contributed by atoms with Crippen molar-refractivity contribution in [3.05, 3.63) is 59.7 Å². The molecule has 2 aromatic rings. The number of benzene rings is 2. The maximum absolute atomic E-state index is 13.6. The van der Waals surface area contributed by atoms with Crippen molar-refractivity contribution in [2.24, 2.45) is 0 Å². The molecule has 1 heterocycles. The minimum atomic E-state index is -0.489. The van der Waals surface area contributed by atoms with Crippen molar-refractivity contribution in [2.45, 2.75) is 90.8 Å². The highest BCUT2D eigenvalue weighted by Gasteiger charge is 2.37. The van der Waals surface area contributed by atoms with Crippen molar-refractivity contribution in [2.75, 3.05) is 27.2 Å². The molecular formula is C33H48N4O3. The van der Waals surface area contributed by atoms with Gasteiger partial charge < -0.3 is 20.0 Å². The fourth-order valence-corrected chi connectivity index (χ4v) is 5.40. The molecule has 40 heavy (non-hydrogen) atoms. The maximum atomic E-state index is 13.6. The number of amides is 4. The monoisotopic (exact) mass is 548 g/mol. The van der Waals surface area contributed by atoms with E-state index >= 15 is 0 Å². The standard InChI is InChI=1S/C33H48N4O3/c1-6-8-10-11-20-37-25(3)21-31(38)35(5)30(32(37)39)23-26-15-17-28(18-16-26)29-14-12-13-27(22-29)24-36(19-9-7-2)33(40)34-4/h12-18,22,25,30H,6-11,19-21,23-24H2,1-5H3,(H,34,40)/t25?,30-/m0/s1. The zero-order valence-corrected chi connectivity index (χ0v) is 25.1. The van der Waals surface area contributed by atoms with Crippen LogP contribution in [0.2, 0.25) is 0 Å². The topological polar surface area (TPSA) is 73.0 Å². The molecule has 4 amide bonds. The summed E-state index contributed by atoms with van der Waals surface area (Å²) in [5.41, 5.74) is 4.28. The molecule has 0 spiro atoms. The van der Waals surface area contributed by atoms with Crippen LogP contribution in [-0.2, 0) is 22.6 Å². The van der Waals surface area contributed by atoms with Gasteiger partial charge >= 0.3 is 6.03 Å². The largest absolute Gasteiger partial charge is 0.341 e. The number of hydrogen-bond acceptors (Lipinski definition) is 3. The van der Waals surface area contributed by atoms with Crippen LogP contribution in [-0.4, -0.2) is 71.8 Å². The highest BCUT2D eigenvalue weighted by atomic mass is 16.2. The molecule has 1 aliphatic rings. The molecule has 0 radical (unpaired) electrons. The Morgan fingerprint density at radius 3 is 2.35 bits per heavy atom. The second-order valence-corrected chi connectivity index (χ2v) is 11.1. The van der Waals surface area contributed by atoms with E-state index in [9.17, 15) is 14.4 Å². The molecule has 2 aromatic carbocycles. The molecule has 1 N–H and O–H groups in total. The zero-order chi connectivity index (χ0) is 29.1. The molecule has 1 fully saturated rings. The van der Waals surface area contributed by atoms with Gasteiger partial charge in [0.25, 0.3) is 0 Å². The predicted molar refractivity (Wildman–Crippen MR) is 162 cm³/mol. The van der Waals surface area contributed by atoms with E-state index in [0.29, 0.717) is 25.9 Å². The lowest BCUT2D eigenvalue weighted by Gasteiger charge is -2.30. The molecule has 0 aliphatic carbocycles. The number of nitrogens with one attached hydrogen (secondary N) is 1. The summed E-state index contributed by atoms with van der Waals surface area (Å²) in [5.74, 6) is 0.0814. The SMILES string of the molecule is CCCCCCN1C(=O)[C@H](Cc2ccc(-c3cccc(CN(CCCC)C(=O)NC)c3)cc2)N(C)C(=O)CC1C. The van der Waals surface area contributed by atoms with Gasteiger partial charge in [0.1, 0.15) is 6.04 Å². The molecule has 218 valence electrons. The molecule has 0 bridgehead atoms. The van der Waals surface area contributed by atoms with Crippen LogP contribution in [0.25, 0.3) is 11.1 Å². The molecular weight excluding hydrogens is 500 g/mol. The second-order valence-electron chi connectivity index (χ2n) is 11.1. The Morgan fingerprint density at radius 1 is 0.950 bits per heavy atom. The normalized spacial score (nSPS) is 17.6. The highest BCUT2D eigenvalue weighted by Crippen LogP contribution is 2.25. The molecule has 7 heteroatoms. The van der Waals surface area contributed by atoms with Crippen LogP contribution in [0.1, 0.15) is 76.8 Å². The van der Waals surface area contributed by atoms with Crippen molar-refractivity contribution in [3.63, 3.8) is 0 Å². The second kappa shape index (κ2) is 15.4. The van der Waals surface area contributed by atoms with Crippen LogP contribution in [0.4, 0.5) is 4.79 Å². The summed E-state index contributed by atoms with van der Waals surface area (Å²) >= 11 is 0. The average Bonchev–Trinajstić information content (AvgIpc) is 3.03. The van der Waals surface area contributed by atoms with E-state index in [4.69, 9.17) is 0 Å². The summed E-state index contributed by atoms with van der Waals surface area (Å²) in [6, 6.07) is 15.9. The molecule has 0 aromatic heterocycles. The third-order valence-corrected chi connectivity index (χ3v) is 7.98. The van der Waals surface area contributed by atoms with E-state index in [0.717, 1.165) is 60.9 Å². The highest BCUT2D eigenvalue weighted by molar-refractivity contribution is 5.90. The summed E-state index contributed by atoms with van der Waals surface area (Å²) in [6.07, 6.45) is 7.27. The Kier molecular flexibility index (Phi) is 12.0. The summed E-state index contributed by atoms with van der Waals surface area (Å²) in [4.78, 5) is 44.3. The van der Waals surface area contributed by atoms with E-state index in [1.54, 1.807) is 19.0 Å². The lowest BCUT2D eigenvalue weighted by molar-refractivity contribution is -0.140. The number of unbranched alkanes of at least 4 members (excludes halogenated alkanes) is 4. The number of carbonyl (C=O) groups excluding carboxylic acids is 3. The third-order valence-electron chi connectivity index (χ3n) is 7.98. The number of rotatable bonds is 13. The Labute approximate surface area is 240 Å². The van der Waals surface area contributed by atoms with Crippen molar-refractivity contribution in [1.82, 2.24) is 20.0 Å². The van der Waals surface area contributed by atoms with Gasteiger partial charge in [-0.05, 0) is 48.1 Å². The van der Waals surface area contributed by atoms with Crippen LogP contribution in [0.5, 0.6) is 0 Å². The van der Waals surface area contributed by atoms with Crippen LogP contribution >= 0.6 is 0 Å². The average molecular weight is 549 g/mol. The lowest BCUT2D eigenvalue weighted by Crippen LogP contribution is -2.48. The van der Waals surface area contributed by atoms with Gasteiger partial charge in [0.15, 0.2) is 0 Å². The van der Waals surface area contributed by atoms with Crippen molar-refractivity contribution in [1.29, 1.82) is 0 Å². The number of nitrogens with zero attached hydrogens (tertiary/aromatic N) is 3. The quantitative estimate of drug-likeness (QED) is 0.319. The maximum Gasteiger partial charge on any atom is 0.317 e. The van der Waals surface area contributed by atoms with Gasteiger partial charge in [0.05, 0.1) is 0 Å². The van der Waals surface area contributed by atoms with E-state index in [1.807, 2.05) is 22.8 Å². The minimum Gasteiger partial charge on any atom is -0.341 e. The first kappa shape index (κ1) is 31.2. The molecule has 1 unspecified atom stereocenters. The Balaban J connectivity index is 1.73. The Morgan fingerprint density at radius 2 is 1.68 bits per heavy atom. The number of urea groups is 1. The Bertz CT molecular complexity index is 1120. The lowest BCUT2D eigenvalue weighted by atomic mass is 9.98. The van der Waals surface area contributed by atoms with E-state index < -0.39 is 6.04 Å². The number of carbonyl (C=O) groups is 3. The van der Waals surface area contributed by atoms with Crippen molar-refractivity contribution in [3.8, 4) is 11.1 Å². The summed E-state index contributed by atoms with van der Waals surface area (Å²) in [7, 11) is 3.43. The summed E-state index contributed by atoms with van der Waals surface area (Å²) < 4.78 is 0. The molecule has 1 saturated heterocycles. The first-order valence-corrected chi connectivity index (χ1v) is 15.0. The van der Waals surface area contributed by atoms with Crippen LogP contribution in [0.15, 0.2) is 48.5 Å². The van der Waals surface area contributed by atoms with E-state index in [-0.39, 0.29) is 23.9 Å². The van der Waals surface area contributed by atoms with Gasteiger partial charge in [-0.2, -0.15) is 0 Å². The first-order valence-electron chi connectivity index (χ1n) is 15.0. The molecule has 3 rings (SSSR count). The number of hydrogen-bond donors (Lipinski definition) is 1. The fourth-order valence-electron chi connectivity index (χ4n) is 5.40. The van der Waals surface area contributed by atoms with Crippen LogP contribution in [0, 0.1) is 0 Å². The van der Waals surface area contributed by atoms with Gasteiger partial charge in [-0.15, -0.1) is 0 Å². The molecule has 7 nitrogen and oxygen atoms in total.